The van der Waals surface area contributed by atoms with E-state index in [4.69, 9.17) is 0 Å². The van der Waals surface area contributed by atoms with Crippen LogP contribution in [0.3, 0.4) is 0 Å². The highest BCUT2D eigenvalue weighted by atomic mass is 16.2. The second-order valence-electron chi connectivity index (χ2n) is 7.95. The largest absolute Gasteiger partial charge is 0.351 e. The first-order valence-electron chi connectivity index (χ1n) is 10.6. The van der Waals surface area contributed by atoms with Crippen LogP contribution in [0.25, 0.3) is 0 Å². The third-order valence-electron chi connectivity index (χ3n) is 5.15. The van der Waals surface area contributed by atoms with Crippen molar-refractivity contribution in [3.63, 3.8) is 0 Å². The van der Waals surface area contributed by atoms with Gasteiger partial charge in [-0.1, -0.05) is 36.4 Å². The van der Waals surface area contributed by atoms with Crippen LogP contribution in [0, 0.1) is 20.8 Å². The summed E-state index contributed by atoms with van der Waals surface area (Å²) in [4.78, 5) is 30.5. The molecule has 0 radical (unpaired) electrons. The highest BCUT2D eigenvalue weighted by Crippen LogP contribution is 2.14. The number of carbonyl (C=O) groups is 2. The number of nitrogens with one attached hydrogen (secondary N) is 2. The molecule has 0 saturated carbocycles. The molecule has 3 aromatic rings. The second kappa shape index (κ2) is 10.7. The number of rotatable bonds is 9. The van der Waals surface area contributed by atoms with E-state index in [0.717, 1.165) is 22.6 Å². The number of hydrogen-bond donors (Lipinski definition) is 2. The number of carbonyl (C=O) groups excluding carboxylic acids is 2. The van der Waals surface area contributed by atoms with Gasteiger partial charge in [-0.15, -0.1) is 0 Å². The predicted octanol–water partition coefficient (Wildman–Crippen LogP) is 2.44. The van der Waals surface area contributed by atoms with E-state index >= 15 is 0 Å². The summed E-state index contributed by atoms with van der Waals surface area (Å²) in [5.41, 5.74) is 4.95. The summed E-state index contributed by atoms with van der Waals surface area (Å²) in [6.45, 7) is 7.13. The van der Waals surface area contributed by atoms with Crippen LogP contribution in [0.2, 0.25) is 0 Å². The van der Waals surface area contributed by atoms with Crippen LogP contribution in [0.4, 0.5) is 5.82 Å². The predicted molar refractivity (Wildman–Crippen MR) is 124 cm³/mol. The summed E-state index contributed by atoms with van der Waals surface area (Å²) < 4.78 is 1.96. The van der Waals surface area contributed by atoms with Crippen molar-refractivity contribution >= 4 is 17.6 Å². The molecule has 2 N–H and O–H groups in total. The standard InChI is InChI=1S/C24H30N6O2/c1-17-9-8-12-22(26-17)27-24(32)16-29(4)15-23(31)25-13-21-18(2)28-30(19(21)3)14-20-10-6-5-7-11-20/h5-12H,13-16H2,1-4H3,(H,25,31)(H,26,27,32). The first-order chi connectivity index (χ1) is 15.3. The van der Waals surface area contributed by atoms with E-state index in [9.17, 15) is 9.59 Å². The van der Waals surface area contributed by atoms with Crippen molar-refractivity contribution in [2.45, 2.75) is 33.9 Å². The molecule has 0 unspecified atom stereocenters. The van der Waals surface area contributed by atoms with Crippen LogP contribution in [-0.4, -0.2) is 51.6 Å². The van der Waals surface area contributed by atoms with Gasteiger partial charge in [0.2, 0.25) is 11.8 Å². The third kappa shape index (κ3) is 6.49. The van der Waals surface area contributed by atoms with Crippen molar-refractivity contribution in [2.24, 2.45) is 0 Å². The number of aromatic nitrogens is 3. The zero-order chi connectivity index (χ0) is 23.1. The molecular weight excluding hydrogens is 404 g/mol. The van der Waals surface area contributed by atoms with Gasteiger partial charge in [-0.2, -0.15) is 5.10 Å². The molecule has 0 aliphatic heterocycles. The molecule has 2 aromatic heterocycles. The minimum Gasteiger partial charge on any atom is -0.351 e. The molecule has 32 heavy (non-hydrogen) atoms. The van der Waals surface area contributed by atoms with E-state index in [1.54, 1.807) is 18.0 Å². The van der Waals surface area contributed by atoms with Crippen LogP contribution in [0.15, 0.2) is 48.5 Å². The molecule has 8 nitrogen and oxygen atoms in total. The van der Waals surface area contributed by atoms with Crippen molar-refractivity contribution in [1.82, 2.24) is 25.0 Å². The van der Waals surface area contributed by atoms with E-state index in [1.807, 2.05) is 55.8 Å². The zero-order valence-corrected chi connectivity index (χ0v) is 19.1. The molecule has 0 atom stereocenters. The minimum atomic E-state index is -0.215. The van der Waals surface area contributed by atoms with Gasteiger partial charge in [-0.25, -0.2) is 4.98 Å². The second-order valence-corrected chi connectivity index (χ2v) is 7.95. The normalized spacial score (nSPS) is 10.9. The highest BCUT2D eigenvalue weighted by Gasteiger charge is 2.15. The summed E-state index contributed by atoms with van der Waals surface area (Å²) in [7, 11) is 1.73. The van der Waals surface area contributed by atoms with E-state index in [1.165, 1.54) is 5.56 Å². The first kappa shape index (κ1) is 23.1. The Morgan fingerprint density at radius 3 is 2.41 bits per heavy atom. The Balaban J connectivity index is 1.48. The topological polar surface area (TPSA) is 92.2 Å². The maximum Gasteiger partial charge on any atom is 0.239 e. The van der Waals surface area contributed by atoms with Crippen LogP contribution in [0.1, 0.15) is 28.2 Å². The van der Waals surface area contributed by atoms with Crippen LogP contribution in [0.5, 0.6) is 0 Å². The zero-order valence-electron chi connectivity index (χ0n) is 19.1. The van der Waals surface area contributed by atoms with Gasteiger partial charge >= 0.3 is 0 Å². The van der Waals surface area contributed by atoms with Gasteiger partial charge in [0.1, 0.15) is 5.82 Å². The number of hydrogen-bond acceptors (Lipinski definition) is 5. The Labute approximate surface area is 188 Å². The lowest BCUT2D eigenvalue weighted by atomic mass is 10.2. The Morgan fingerprint density at radius 1 is 0.969 bits per heavy atom. The average molecular weight is 435 g/mol. The third-order valence-corrected chi connectivity index (χ3v) is 5.15. The van der Waals surface area contributed by atoms with E-state index in [-0.39, 0.29) is 24.9 Å². The molecule has 0 spiro atoms. The number of amides is 2. The van der Waals surface area contributed by atoms with Crippen molar-refractivity contribution in [2.75, 3.05) is 25.5 Å². The number of pyridine rings is 1. The molecule has 168 valence electrons. The molecule has 0 fully saturated rings. The summed E-state index contributed by atoms with van der Waals surface area (Å²) >= 11 is 0. The van der Waals surface area contributed by atoms with E-state index < -0.39 is 0 Å². The summed E-state index contributed by atoms with van der Waals surface area (Å²) in [6.07, 6.45) is 0. The van der Waals surface area contributed by atoms with Crippen LogP contribution in [-0.2, 0) is 22.7 Å². The number of anilines is 1. The van der Waals surface area contributed by atoms with Gasteiger partial charge in [-0.05, 0) is 45.5 Å². The molecule has 8 heteroatoms. The minimum absolute atomic E-state index is 0.0934. The summed E-state index contributed by atoms with van der Waals surface area (Å²) in [5, 5.41) is 10.3. The number of aryl methyl sites for hydroxylation is 2. The van der Waals surface area contributed by atoms with Gasteiger partial charge in [0, 0.05) is 23.5 Å². The molecular formula is C24H30N6O2. The maximum atomic E-state index is 12.4. The Bertz CT molecular complexity index is 1080. The van der Waals surface area contributed by atoms with Gasteiger partial charge < -0.3 is 10.6 Å². The molecule has 0 bridgehead atoms. The fraction of sp³-hybridized carbons (Fsp3) is 0.333. The monoisotopic (exact) mass is 434 g/mol. The lowest BCUT2D eigenvalue weighted by Gasteiger charge is -2.16. The molecule has 0 aliphatic rings. The SMILES string of the molecule is Cc1cccc(NC(=O)CN(C)CC(=O)NCc2c(C)nn(Cc3ccccc3)c2C)n1. The highest BCUT2D eigenvalue weighted by molar-refractivity contribution is 5.91. The van der Waals surface area contributed by atoms with Crippen molar-refractivity contribution in [1.29, 1.82) is 0 Å². The Hall–Kier alpha value is -3.52. The number of likely N-dealkylation sites (N-methyl/N-ethyl adjacent to an activating group) is 1. The number of nitrogens with zero attached hydrogens (tertiary/aromatic N) is 4. The first-order valence-corrected chi connectivity index (χ1v) is 10.6. The van der Waals surface area contributed by atoms with Crippen molar-refractivity contribution in [3.8, 4) is 0 Å². The quantitative estimate of drug-likeness (QED) is 0.540. The van der Waals surface area contributed by atoms with Crippen molar-refractivity contribution in [3.05, 3.63) is 76.7 Å². The summed E-state index contributed by atoms with van der Waals surface area (Å²) in [5.74, 6) is 0.141. The fourth-order valence-corrected chi connectivity index (χ4v) is 3.48. The van der Waals surface area contributed by atoms with Gasteiger partial charge in [-0.3, -0.25) is 19.2 Å². The van der Waals surface area contributed by atoms with Gasteiger partial charge in [0.05, 0.1) is 25.3 Å². The molecule has 0 aliphatic carbocycles. The number of benzene rings is 1. The van der Waals surface area contributed by atoms with E-state index in [0.29, 0.717) is 18.9 Å². The molecule has 0 saturated heterocycles. The van der Waals surface area contributed by atoms with E-state index in [2.05, 4.69) is 32.8 Å². The molecule has 1 aromatic carbocycles. The molecule has 2 heterocycles. The molecule has 2 amide bonds. The Kier molecular flexibility index (Phi) is 7.72. The average Bonchev–Trinajstić information content (AvgIpc) is 2.99. The van der Waals surface area contributed by atoms with Crippen LogP contribution < -0.4 is 10.6 Å². The fourth-order valence-electron chi connectivity index (χ4n) is 3.48. The van der Waals surface area contributed by atoms with Crippen molar-refractivity contribution < 1.29 is 9.59 Å². The van der Waals surface area contributed by atoms with Gasteiger partial charge in [0.25, 0.3) is 0 Å². The summed E-state index contributed by atoms with van der Waals surface area (Å²) in [6, 6.07) is 15.6. The molecule has 3 rings (SSSR count). The smallest absolute Gasteiger partial charge is 0.239 e. The lowest BCUT2D eigenvalue weighted by molar-refractivity contribution is -0.123. The van der Waals surface area contributed by atoms with Crippen LogP contribution >= 0.6 is 0 Å². The Morgan fingerprint density at radius 2 is 1.69 bits per heavy atom. The maximum absolute atomic E-state index is 12.4. The lowest BCUT2D eigenvalue weighted by Crippen LogP contribution is -2.38. The van der Waals surface area contributed by atoms with Gasteiger partial charge in [0.15, 0.2) is 0 Å².